The van der Waals surface area contributed by atoms with Crippen molar-refractivity contribution in [2.24, 2.45) is 0 Å². The Morgan fingerprint density at radius 2 is 1.92 bits per heavy atom. The van der Waals surface area contributed by atoms with Crippen LogP contribution in [0, 0.1) is 11.3 Å². The average Bonchev–Trinajstić information content (AvgIpc) is 2.64. The number of nitrogens with zero attached hydrogens (tertiary/aromatic N) is 4. The first-order chi connectivity index (χ1) is 12.6. The van der Waals surface area contributed by atoms with E-state index in [1.54, 1.807) is 36.5 Å². The predicted molar refractivity (Wildman–Crippen MR) is 93.9 cm³/mol. The monoisotopic (exact) mass is 366 g/mol. The first kappa shape index (κ1) is 16.4. The van der Waals surface area contributed by atoms with E-state index < -0.39 is 10.0 Å². The third-order valence-corrected chi connectivity index (χ3v) is 6.04. The number of ether oxygens (including phenoxy) is 1. The number of rotatable bonds is 4. The molecule has 3 heterocycles. The Morgan fingerprint density at radius 3 is 2.65 bits per heavy atom. The maximum Gasteiger partial charge on any atom is 0.245 e. The van der Waals surface area contributed by atoms with Crippen LogP contribution in [0.15, 0.2) is 59.8 Å². The summed E-state index contributed by atoms with van der Waals surface area (Å²) in [5.74, 6) is 0.373. The molecule has 1 saturated heterocycles. The molecule has 0 radical (unpaired) electrons. The Morgan fingerprint density at radius 1 is 1.12 bits per heavy atom. The topological polar surface area (TPSA) is 96.2 Å². The van der Waals surface area contributed by atoms with E-state index in [1.165, 1.54) is 10.5 Å². The van der Waals surface area contributed by atoms with Gasteiger partial charge in [-0.25, -0.2) is 13.4 Å². The molecular weight excluding hydrogens is 352 g/mol. The molecule has 8 heteroatoms. The van der Waals surface area contributed by atoms with Crippen LogP contribution < -0.4 is 4.74 Å². The first-order valence-corrected chi connectivity index (χ1v) is 9.38. The van der Waals surface area contributed by atoms with Crippen LogP contribution in [0.3, 0.4) is 0 Å². The maximum atomic E-state index is 12.9. The van der Waals surface area contributed by atoms with E-state index in [0.717, 1.165) is 5.39 Å². The fourth-order valence-corrected chi connectivity index (χ4v) is 4.45. The predicted octanol–water partition coefficient (Wildman–Crippen LogP) is 1.95. The summed E-state index contributed by atoms with van der Waals surface area (Å²) in [6, 6.07) is 13.9. The zero-order valence-corrected chi connectivity index (χ0v) is 14.4. The SMILES string of the molecule is N#Cc1ccc(OC2CN(S(=O)(=O)c3cccc4cccnc34)C2)nc1. The van der Waals surface area contributed by atoms with Crippen molar-refractivity contribution >= 4 is 20.9 Å². The highest BCUT2D eigenvalue weighted by atomic mass is 32.2. The molecular formula is C18H14N4O3S. The van der Waals surface area contributed by atoms with Crippen molar-refractivity contribution < 1.29 is 13.2 Å². The normalized spacial score (nSPS) is 15.3. The standard InChI is InChI=1S/C18H14N4O3S/c19-9-13-6-7-17(21-10-13)25-15-11-22(12-15)26(23,24)16-5-1-3-14-4-2-8-20-18(14)16/h1-8,10,15H,11-12H2. The molecule has 0 bridgehead atoms. The Bertz CT molecular complexity index is 1100. The lowest BCUT2D eigenvalue weighted by Crippen LogP contribution is -2.56. The van der Waals surface area contributed by atoms with Gasteiger partial charge in [0.05, 0.1) is 24.2 Å². The van der Waals surface area contributed by atoms with Crippen molar-refractivity contribution in [3.8, 4) is 11.9 Å². The molecule has 0 spiro atoms. The molecule has 1 fully saturated rings. The minimum absolute atomic E-state index is 0.200. The van der Waals surface area contributed by atoms with E-state index in [2.05, 4.69) is 9.97 Å². The van der Waals surface area contributed by atoms with E-state index in [-0.39, 0.29) is 24.1 Å². The van der Waals surface area contributed by atoms with Crippen LogP contribution in [0.2, 0.25) is 0 Å². The molecule has 26 heavy (non-hydrogen) atoms. The number of sulfonamides is 1. The van der Waals surface area contributed by atoms with Gasteiger partial charge in [0.15, 0.2) is 0 Å². The fraction of sp³-hybridized carbons (Fsp3) is 0.167. The Kier molecular flexibility index (Phi) is 4.03. The molecule has 1 aliphatic heterocycles. The average molecular weight is 366 g/mol. The Labute approximate surface area is 150 Å². The van der Waals surface area contributed by atoms with E-state index >= 15 is 0 Å². The second-order valence-corrected chi connectivity index (χ2v) is 7.80. The van der Waals surface area contributed by atoms with E-state index in [4.69, 9.17) is 10.00 Å². The smallest absolute Gasteiger partial charge is 0.245 e. The molecule has 4 rings (SSSR count). The number of hydrogen-bond acceptors (Lipinski definition) is 6. The molecule has 0 atom stereocenters. The van der Waals surface area contributed by atoms with Gasteiger partial charge in [0.25, 0.3) is 0 Å². The van der Waals surface area contributed by atoms with Crippen LogP contribution in [-0.4, -0.2) is 41.9 Å². The third kappa shape index (κ3) is 2.87. The van der Waals surface area contributed by atoms with Gasteiger partial charge in [-0.2, -0.15) is 9.57 Å². The molecule has 0 unspecified atom stereocenters. The zero-order chi connectivity index (χ0) is 18.1. The highest BCUT2D eigenvalue weighted by Crippen LogP contribution is 2.28. The number of fused-ring (bicyclic) bond motifs is 1. The van der Waals surface area contributed by atoms with Crippen LogP contribution in [-0.2, 0) is 10.0 Å². The molecule has 0 saturated carbocycles. The summed E-state index contributed by atoms with van der Waals surface area (Å²) in [6.45, 7) is 0.487. The molecule has 3 aromatic rings. The van der Waals surface area contributed by atoms with Gasteiger partial charge in [-0.1, -0.05) is 18.2 Å². The highest BCUT2D eigenvalue weighted by molar-refractivity contribution is 7.89. The number of aromatic nitrogens is 2. The molecule has 0 amide bonds. The molecule has 1 aromatic carbocycles. The van der Waals surface area contributed by atoms with Crippen LogP contribution in [0.1, 0.15) is 5.56 Å². The fourth-order valence-electron chi connectivity index (χ4n) is 2.78. The van der Waals surface area contributed by atoms with Crippen molar-refractivity contribution in [1.29, 1.82) is 5.26 Å². The molecule has 7 nitrogen and oxygen atoms in total. The zero-order valence-electron chi connectivity index (χ0n) is 13.6. The van der Waals surface area contributed by atoms with E-state index in [1.807, 2.05) is 18.2 Å². The van der Waals surface area contributed by atoms with Crippen LogP contribution in [0.25, 0.3) is 10.9 Å². The van der Waals surface area contributed by atoms with Crippen molar-refractivity contribution in [3.05, 3.63) is 60.4 Å². The van der Waals surface area contributed by atoms with Gasteiger partial charge in [0, 0.05) is 23.8 Å². The van der Waals surface area contributed by atoms with Crippen LogP contribution >= 0.6 is 0 Å². The van der Waals surface area contributed by atoms with E-state index in [0.29, 0.717) is 17.0 Å². The minimum Gasteiger partial charge on any atom is -0.472 e. The lowest BCUT2D eigenvalue weighted by molar-refractivity contribution is 0.0721. The summed E-state index contributed by atoms with van der Waals surface area (Å²) >= 11 is 0. The summed E-state index contributed by atoms with van der Waals surface area (Å²) in [5.41, 5.74) is 0.909. The summed E-state index contributed by atoms with van der Waals surface area (Å²) < 4.78 is 32.8. The number of hydrogen-bond donors (Lipinski definition) is 0. The quantitative estimate of drug-likeness (QED) is 0.700. The molecule has 0 N–H and O–H groups in total. The first-order valence-electron chi connectivity index (χ1n) is 7.94. The van der Waals surface area contributed by atoms with Gasteiger partial charge in [-0.15, -0.1) is 0 Å². The summed E-state index contributed by atoms with van der Waals surface area (Å²) in [6.07, 6.45) is 2.73. The van der Waals surface area contributed by atoms with Crippen molar-refractivity contribution in [3.63, 3.8) is 0 Å². The van der Waals surface area contributed by atoms with Crippen LogP contribution in [0.5, 0.6) is 5.88 Å². The van der Waals surface area contributed by atoms with Gasteiger partial charge in [-0.05, 0) is 18.2 Å². The number of benzene rings is 1. The molecule has 0 aliphatic carbocycles. The second-order valence-electron chi connectivity index (χ2n) is 5.89. The summed E-state index contributed by atoms with van der Waals surface area (Å²) in [5, 5.41) is 9.55. The Hall–Kier alpha value is -3.02. The van der Waals surface area contributed by atoms with Crippen molar-refractivity contribution in [2.45, 2.75) is 11.0 Å². The summed E-state index contributed by atoms with van der Waals surface area (Å²) in [4.78, 5) is 8.45. The van der Waals surface area contributed by atoms with Gasteiger partial charge in [0.1, 0.15) is 17.1 Å². The van der Waals surface area contributed by atoms with E-state index in [9.17, 15) is 8.42 Å². The largest absolute Gasteiger partial charge is 0.472 e. The lowest BCUT2D eigenvalue weighted by Gasteiger charge is -2.37. The maximum absolute atomic E-state index is 12.9. The van der Waals surface area contributed by atoms with Crippen LogP contribution in [0.4, 0.5) is 0 Å². The molecule has 130 valence electrons. The third-order valence-electron chi connectivity index (χ3n) is 4.18. The van der Waals surface area contributed by atoms with Crippen molar-refractivity contribution in [2.75, 3.05) is 13.1 Å². The number of nitriles is 1. The molecule has 1 aliphatic rings. The van der Waals surface area contributed by atoms with Gasteiger partial charge in [-0.3, -0.25) is 4.98 Å². The lowest BCUT2D eigenvalue weighted by atomic mass is 10.2. The number of pyridine rings is 2. The number of para-hydroxylation sites is 1. The van der Waals surface area contributed by atoms with Gasteiger partial charge >= 0.3 is 0 Å². The highest BCUT2D eigenvalue weighted by Gasteiger charge is 2.39. The Balaban J connectivity index is 1.49. The van der Waals surface area contributed by atoms with Gasteiger partial charge in [0.2, 0.25) is 15.9 Å². The minimum atomic E-state index is -3.64. The second kappa shape index (κ2) is 6.37. The van der Waals surface area contributed by atoms with Crippen molar-refractivity contribution in [1.82, 2.24) is 14.3 Å². The molecule has 2 aromatic heterocycles. The summed E-state index contributed by atoms with van der Waals surface area (Å²) in [7, 11) is -3.64. The van der Waals surface area contributed by atoms with Gasteiger partial charge < -0.3 is 4.74 Å².